The Hall–Kier alpha value is -0.820. The Bertz CT molecular complexity index is 171. The van der Waals surface area contributed by atoms with Crippen molar-refractivity contribution in [3.63, 3.8) is 0 Å². The molecule has 0 heterocycles. The predicted molar refractivity (Wildman–Crippen MR) is 51.4 cm³/mol. The summed E-state index contributed by atoms with van der Waals surface area (Å²) >= 11 is 0. The lowest BCUT2D eigenvalue weighted by molar-refractivity contribution is 0.957. The number of hydrogen-bond donors (Lipinski definition) is 1. The third-order valence-corrected chi connectivity index (χ3v) is 1.49. The Morgan fingerprint density at radius 2 is 2.09 bits per heavy atom. The van der Waals surface area contributed by atoms with E-state index in [1.807, 2.05) is 6.08 Å². The Labute approximate surface area is 69.3 Å². The van der Waals surface area contributed by atoms with Crippen molar-refractivity contribution in [2.24, 2.45) is 5.73 Å². The van der Waals surface area contributed by atoms with E-state index in [-0.39, 0.29) is 0 Å². The highest BCUT2D eigenvalue weighted by Gasteiger charge is 1.91. The molecule has 11 heavy (non-hydrogen) atoms. The highest BCUT2D eigenvalue weighted by Crippen LogP contribution is 2.08. The molecule has 0 unspecified atom stereocenters. The lowest BCUT2D eigenvalue weighted by Gasteiger charge is -2.01. The quantitative estimate of drug-likeness (QED) is 0.613. The van der Waals surface area contributed by atoms with Crippen molar-refractivity contribution in [1.29, 1.82) is 0 Å². The first-order chi connectivity index (χ1) is 5.22. The van der Waals surface area contributed by atoms with E-state index in [0.717, 1.165) is 6.42 Å². The summed E-state index contributed by atoms with van der Waals surface area (Å²) in [6, 6.07) is 0. The molecule has 0 saturated heterocycles. The number of rotatable bonds is 4. The molecule has 0 aromatic carbocycles. The van der Waals surface area contributed by atoms with Crippen molar-refractivity contribution in [3.05, 3.63) is 36.0 Å². The van der Waals surface area contributed by atoms with Crippen LogP contribution in [-0.2, 0) is 0 Å². The van der Waals surface area contributed by atoms with Gasteiger partial charge in [0.1, 0.15) is 0 Å². The lowest BCUT2D eigenvalue weighted by Crippen LogP contribution is -1.99. The van der Waals surface area contributed by atoms with Crippen LogP contribution < -0.4 is 5.73 Å². The molecule has 0 amide bonds. The Morgan fingerprint density at radius 1 is 1.45 bits per heavy atom. The van der Waals surface area contributed by atoms with Gasteiger partial charge in [-0.3, -0.25) is 0 Å². The Morgan fingerprint density at radius 3 is 2.45 bits per heavy atom. The third-order valence-electron chi connectivity index (χ3n) is 1.49. The zero-order valence-corrected chi connectivity index (χ0v) is 7.43. The van der Waals surface area contributed by atoms with Crippen LogP contribution in [-0.4, -0.2) is 6.54 Å². The SMILES string of the molecule is C=C/C=C\C(CCN)=C(C)C. The maximum absolute atomic E-state index is 5.45. The van der Waals surface area contributed by atoms with E-state index in [9.17, 15) is 0 Å². The molecule has 0 atom stereocenters. The van der Waals surface area contributed by atoms with Gasteiger partial charge >= 0.3 is 0 Å². The van der Waals surface area contributed by atoms with Gasteiger partial charge in [-0.05, 0) is 32.4 Å². The van der Waals surface area contributed by atoms with E-state index < -0.39 is 0 Å². The van der Waals surface area contributed by atoms with E-state index in [4.69, 9.17) is 5.73 Å². The number of allylic oxidation sites excluding steroid dienone is 4. The summed E-state index contributed by atoms with van der Waals surface area (Å²) in [4.78, 5) is 0. The zero-order chi connectivity index (χ0) is 8.69. The summed E-state index contributed by atoms with van der Waals surface area (Å²) in [7, 11) is 0. The average Bonchev–Trinajstić information content (AvgIpc) is 1.97. The Balaban J connectivity index is 4.23. The number of hydrogen-bond acceptors (Lipinski definition) is 1. The first-order valence-corrected chi connectivity index (χ1v) is 3.88. The van der Waals surface area contributed by atoms with Gasteiger partial charge in [0, 0.05) is 0 Å². The number of nitrogens with two attached hydrogens (primary N) is 1. The van der Waals surface area contributed by atoms with E-state index in [2.05, 4.69) is 26.5 Å². The first-order valence-electron chi connectivity index (χ1n) is 3.88. The van der Waals surface area contributed by atoms with E-state index in [1.165, 1.54) is 11.1 Å². The Kier molecular flexibility index (Phi) is 5.49. The second kappa shape index (κ2) is 5.93. The summed E-state index contributed by atoms with van der Waals surface area (Å²) in [6.07, 6.45) is 6.74. The summed E-state index contributed by atoms with van der Waals surface area (Å²) in [5.41, 5.74) is 8.08. The molecule has 0 aliphatic heterocycles. The van der Waals surface area contributed by atoms with Gasteiger partial charge in [-0.1, -0.05) is 30.4 Å². The molecular formula is C10H17N. The second-order valence-electron chi connectivity index (χ2n) is 2.66. The molecule has 0 aromatic rings. The largest absolute Gasteiger partial charge is 0.330 e. The van der Waals surface area contributed by atoms with Crippen LogP contribution in [0.25, 0.3) is 0 Å². The molecule has 2 N–H and O–H groups in total. The standard InChI is InChI=1S/C10H17N/c1-4-5-6-10(7-8-11)9(2)3/h4-6H,1,7-8,11H2,2-3H3/b6-5-. The summed E-state index contributed by atoms with van der Waals surface area (Å²) in [6.45, 7) is 8.51. The van der Waals surface area contributed by atoms with Crippen LogP contribution in [0.5, 0.6) is 0 Å². The second-order valence-corrected chi connectivity index (χ2v) is 2.66. The lowest BCUT2D eigenvalue weighted by atomic mass is 10.1. The van der Waals surface area contributed by atoms with Crippen molar-refractivity contribution < 1.29 is 0 Å². The van der Waals surface area contributed by atoms with Gasteiger partial charge in [0.05, 0.1) is 0 Å². The molecule has 1 nitrogen and oxygen atoms in total. The van der Waals surface area contributed by atoms with Crippen molar-refractivity contribution in [1.82, 2.24) is 0 Å². The van der Waals surface area contributed by atoms with Crippen LogP contribution in [0, 0.1) is 0 Å². The van der Waals surface area contributed by atoms with Crippen LogP contribution in [0.15, 0.2) is 36.0 Å². The smallest absolute Gasteiger partial charge is 0.00367 e. The van der Waals surface area contributed by atoms with Crippen molar-refractivity contribution in [2.45, 2.75) is 20.3 Å². The van der Waals surface area contributed by atoms with Crippen LogP contribution in [0.3, 0.4) is 0 Å². The fourth-order valence-corrected chi connectivity index (χ4v) is 0.840. The molecule has 0 radical (unpaired) electrons. The molecule has 0 aromatic heterocycles. The van der Waals surface area contributed by atoms with E-state index in [1.54, 1.807) is 6.08 Å². The molecule has 0 saturated carbocycles. The highest BCUT2D eigenvalue weighted by atomic mass is 14.5. The van der Waals surface area contributed by atoms with Gasteiger partial charge < -0.3 is 5.73 Å². The van der Waals surface area contributed by atoms with Gasteiger partial charge in [-0.25, -0.2) is 0 Å². The van der Waals surface area contributed by atoms with Gasteiger partial charge in [0.2, 0.25) is 0 Å². The van der Waals surface area contributed by atoms with Crippen LogP contribution >= 0.6 is 0 Å². The van der Waals surface area contributed by atoms with Crippen LogP contribution in [0.1, 0.15) is 20.3 Å². The third kappa shape index (κ3) is 4.57. The van der Waals surface area contributed by atoms with Crippen LogP contribution in [0.4, 0.5) is 0 Å². The van der Waals surface area contributed by atoms with E-state index >= 15 is 0 Å². The topological polar surface area (TPSA) is 26.0 Å². The summed E-state index contributed by atoms with van der Waals surface area (Å²) in [5.74, 6) is 0. The molecule has 0 spiro atoms. The van der Waals surface area contributed by atoms with Gasteiger partial charge in [-0.15, -0.1) is 0 Å². The maximum Gasteiger partial charge on any atom is -0.00367 e. The molecule has 0 aliphatic rings. The van der Waals surface area contributed by atoms with Crippen molar-refractivity contribution in [2.75, 3.05) is 6.54 Å². The minimum absolute atomic E-state index is 0.710. The summed E-state index contributed by atoms with van der Waals surface area (Å²) < 4.78 is 0. The minimum atomic E-state index is 0.710. The van der Waals surface area contributed by atoms with Gasteiger partial charge in [0.25, 0.3) is 0 Å². The first kappa shape index (κ1) is 10.2. The van der Waals surface area contributed by atoms with Crippen molar-refractivity contribution >= 4 is 0 Å². The fraction of sp³-hybridized carbons (Fsp3) is 0.400. The monoisotopic (exact) mass is 151 g/mol. The van der Waals surface area contributed by atoms with Gasteiger partial charge in [-0.2, -0.15) is 0 Å². The van der Waals surface area contributed by atoms with Crippen molar-refractivity contribution in [3.8, 4) is 0 Å². The molecule has 0 aliphatic carbocycles. The van der Waals surface area contributed by atoms with Crippen LogP contribution in [0.2, 0.25) is 0 Å². The summed E-state index contributed by atoms with van der Waals surface area (Å²) in [5, 5.41) is 0. The average molecular weight is 151 g/mol. The molecule has 0 rings (SSSR count). The highest BCUT2D eigenvalue weighted by molar-refractivity contribution is 5.25. The van der Waals surface area contributed by atoms with E-state index in [0.29, 0.717) is 6.54 Å². The molecule has 0 fully saturated rings. The predicted octanol–water partition coefficient (Wildman–Crippen LogP) is 2.41. The minimum Gasteiger partial charge on any atom is -0.330 e. The molecular weight excluding hydrogens is 134 g/mol. The molecule has 1 heteroatoms. The van der Waals surface area contributed by atoms with Gasteiger partial charge in [0.15, 0.2) is 0 Å². The normalized spacial score (nSPS) is 10.1. The fourth-order valence-electron chi connectivity index (χ4n) is 0.840. The molecule has 0 bridgehead atoms. The maximum atomic E-state index is 5.45. The molecule has 62 valence electrons. The zero-order valence-electron chi connectivity index (χ0n) is 7.43.